The Morgan fingerprint density at radius 2 is 1.61 bits per heavy atom. The molecule has 0 amide bonds. The minimum atomic E-state index is -1.39. The van der Waals surface area contributed by atoms with Crippen LogP contribution in [0.1, 0.15) is 27.7 Å². The molecule has 0 unspecified atom stereocenters. The number of carbonyl (C=O) groups is 1. The lowest BCUT2D eigenvalue weighted by molar-refractivity contribution is -0.142. The normalized spacial score (nSPS) is 23.4. The fourth-order valence-electron chi connectivity index (χ4n) is 3.34. The van der Waals surface area contributed by atoms with Crippen molar-refractivity contribution in [3.8, 4) is 0 Å². The molecule has 0 spiro atoms. The van der Waals surface area contributed by atoms with Crippen LogP contribution < -0.4 is 0 Å². The molecule has 0 N–H and O–H groups in total. The molecule has 1 fully saturated rings. The van der Waals surface area contributed by atoms with Crippen LogP contribution in [0.5, 0.6) is 0 Å². The second-order valence-corrected chi connectivity index (χ2v) is 35.9. The highest BCUT2D eigenvalue weighted by atomic mass is 29.6. The van der Waals surface area contributed by atoms with Gasteiger partial charge >= 0.3 is 5.97 Å². The Kier molecular flexibility index (Phi) is 8.44. The zero-order chi connectivity index (χ0) is 18.5. The van der Waals surface area contributed by atoms with E-state index in [-0.39, 0.29) is 11.6 Å². The lowest BCUT2D eigenvalue weighted by Crippen LogP contribution is -2.77. The van der Waals surface area contributed by atoms with E-state index in [4.69, 9.17) is 9.16 Å². The van der Waals surface area contributed by atoms with Crippen LogP contribution in [0.25, 0.3) is 0 Å². The summed E-state index contributed by atoms with van der Waals surface area (Å²) < 4.78 is 15.9. The second kappa shape index (κ2) is 8.42. The molecule has 1 saturated heterocycles. The van der Waals surface area contributed by atoms with Gasteiger partial charge in [0.25, 0.3) is 0 Å². The monoisotopic (exact) mass is 378 g/mol. The van der Waals surface area contributed by atoms with Gasteiger partial charge in [0, 0.05) is 26.7 Å². The summed E-state index contributed by atoms with van der Waals surface area (Å²) in [5.74, 6) is -0.255. The summed E-state index contributed by atoms with van der Waals surface area (Å²) in [6, 6.07) is 1.36. The third-order valence-electron chi connectivity index (χ3n) is 5.33. The molecule has 1 heterocycles. The Balaban J connectivity index is 0.000000468. The first-order chi connectivity index (χ1) is 10.2. The van der Waals surface area contributed by atoms with Gasteiger partial charge in [0.2, 0.25) is 0 Å². The Morgan fingerprint density at radius 3 is 2.00 bits per heavy atom. The highest BCUT2D eigenvalue weighted by Gasteiger charge is 2.60. The molecule has 0 saturated carbocycles. The Morgan fingerprint density at radius 1 is 1.09 bits per heavy atom. The molecule has 1 rings (SSSR count). The van der Waals surface area contributed by atoms with Crippen molar-refractivity contribution >= 4 is 28.5 Å². The van der Waals surface area contributed by atoms with E-state index in [9.17, 15) is 4.79 Å². The largest absolute Gasteiger partial charge is 0.463 e. The molecule has 1 aliphatic rings. The van der Waals surface area contributed by atoms with Crippen LogP contribution in [0.3, 0.4) is 0 Å². The van der Waals surface area contributed by atoms with Crippen LogP contribution in [0, 0.1) is 0 Å². The van der Waals surface area contributed by atoms with Crippen molar-refractivity contribution < 1.29 is 18.7 Å². The fourth-order valence-corrected chi connectivity index (χ4v) is 34.5. The summed E-state index contributed by atoms with van der Waals surface area (Å²) in [4.78, 5) is 10.1. The standard InChI is InChI=1S/C10H26OSi3.C6H12O3/c1-10(2)9-12(3,4)14(7,8)13(5,6)11-10;1-3-8-4-5-9-6(2)7/h9H2,1-8H3;3-5H2,1-2H3. The molecule has 1 aliphatic heterocycles. The molecular weight excluding hydrogens is 340 g/mol. The lowest BCUT2D eigenvalue weighted by Gasteiger charge is -2.57. The lowest BCUT2D eigenvalue weighted by atomic mass is 10.2. The molecular formula is C16H38O4Si3. The predicted molar refractivity (Wildman–Crippen MR) is 106 cm³/mol. The van der Waals surface area contributed by atoms with E-state index < -0.39 is 22.5 Å². The Hall–Kier alpha value is 0.0406. The van der Waals surface area contributed by atoms with Crippen molar-refractivity contribution in [2.24, 2.45) is 0 Å². The summed E-state index contributed by atoms with van der Waals surface area (Å²) in [5, 5.41) is 0. The predicted octanol–water partition coefficient (Wildman–Crippen LogP) is 4.16. The molecule has 138 valence electrons. The Bertz CT molecular complexity index is 371. The molecule has 0 atom stereocenters. The first-order valence-corrected chi connectivity index (χ1v) is 19.7. The minimum Gasteiger partial charge on any atom is -0.463 e. The topological polar surface area (TPSA) is 44.8 Å². The molecule has 0 aromatic carbocycles. The van der Waals surface area contributed by atoms with E-state index in [1.807, 2.05) is 6.92 Å². The molecule has 0 aliphatic carbocycles. The van der Waals surface area contributed by atoms with Crippen LogP contribution >= 0.6 is 0 Å². The number of hydrogen-bond acceptors (Lipinski definition) is 4. The van der Waals surface area contributed by atoms with Crippen LogP contribution in [0.2, 0.25) is 45.3 Å². The number of esters is 1. The molecule has 0 aromatic heterocycles. The average molecular weight is 379 g/mol. The SMILES string of the molecule is CC1(C)C[Si](C)(C)[Si](C)(C)[Si](C)(C)O1.CCOCCOC(C)=O. The van der Waals surface area contributed by atoms with Gasteiger partial charge in [0.1, 0.15) is 6.61 Å². The highest BCUT2D eigenvalue weighted by molar-refractivity contribution is 7.67. The third-order valence-corrected chi connectivity index (χ3v) is 46.1. The van der Waals surface area contributed by atoms with E-state index in [0.717, 1.165) is 0 Å². The summed E-state index contributed by atoms with van der Waals surface area (Å²) in [6.07, 6.45) is 0. The summed E-state index contributed by atoms with van der Waals surface area (Å²) >= 11 is 0. The fraction of sp³-hybridized carbons (Fsp3) is 0.938. The zero-order valence-electron chi connectivity index (χ0n) is 17.0. The van der Waals surface area contributed by atoms with Crippen molar-refractivity contribution in [2.75, 3.05) is 19.8 Å². The number of ether oxygens (including phenoxy) is 2. The first-order valence-electron chi connectivity index (χ1n) is 8.60. The maximum Gasteiger partial charge on any atom is 0.302 e. The van der Waals surface area contributed by atoms with Gasteiger partial charge in [-0.1, -0.05) is 26.2 Å². The van der Waals surface area contributed by atoms with Gasteiger partial charge in [-0.05, 0) is 39.9 Å². The van der Waals surface area contributed by atoms with Gasteiger partial charge in [0.15, 0.2) is 7.83 Å². The Labute approximate surface area is 146 Å². The van der Waals surface area contributed by atoms with Gasteiger partial charge in [-0.25, -0.2) is 0 Å². The first kappa shape index (κ1) is 23.0. The molecule has 7 heteroatoms. The van der Waals surface area contributed by atoms with Crippen LogP contribution in [-0.2, 0) is 18.7 Å². The van der Waals surface area contributed by atoms with Crippen molar-refractivity contribution in [2.45, 2.75) is 78.6 Å². The van der Waals surface area contributed by atoms with Crippen LogP contribution in [0.15, 0.2) is 0 Å². The zero-order valence-corrected chi connectivity index (χ0v) is 20.0. The van der Waals surface area contributed by atoms with E-state index >= 15 is 0 Å². The van der Waals surface area contributed by atoms with Gasteiger partial charge in [-0.3, -0.25) is 4.79 Å². The van der Waals surface area contributed by atoms with Crippen molar-refractivity contribution in [1.82, 2.24) is 0 Å². The summed E-state index contributed by atoms with van der Waals surface area (Å²) in [5.41, 5.74) is 0.161. The molecule has 23 heavy (non-hydrogen) atoms. The minimum absolute atomic E-state index is 0.161. The highest BCUT2D eigenvalue weighted by Crippen LogP contribution is 2.43. The third kappa shape index (κ3) is 6.81. The van der Waals surface area contributed by atoms with Crippen molar-refractivity contribution in [3.63, 3.8) is 0 Å². The average Bonchev–Trinajstić information content (AvgIpc) is 2.30. The smallest absolute Gasteiger partial charge is 0.302 e. The van der Waals surface area contributed by atoms with E-state index in [0.29, 0.717) is 19.8 Å². The molecule has 4 nitrogen and oxygen atoms in total. The van der Waals surface area contributed by atoms with E-state index in [2.05, 4.69) is 57.9 Å². The maximum atomic E-state index is 10.1. The molecule has 0 bridgehead atoms. The molecule has 0 aromatic rings. The van der Waals surface area contributed by atoms with Gasteiger partial charge < -0.3 is 13.9 Å². The number of hydrogen-bond donors (Lipinski definition) is 0. The van der Waals surface area contributed by atoms with Crippen LogP contribution in [0.4, 0.5) is 0 Å². The van der Waals surface area contributed by atoms with E-state index in [1.54, 1.807) is 0 Å². The number of carbonyl (C=O) groups excluding carboxylic acids is 1. The van der Waals surface area contributed by atoms with Gasteiger partial charge in [-0.2, -0.15) is 0 Å². The van der Waals surface area contributed by atoms with Crippen molar-refractivity contribution in [3.05, 3.63) is 0 Å². The quantitative estimate of drug-likeness (QED) is 0.418. The molecule has 0 radical (unpaired) electrons. The van der Waals surface area contributed by atoms with Crippen molar-refractivity contribution in [1.29, 1.82) is 0 Å². The maximum absolute atomic E-state index is 10.1. The van der Waals surface area contributed by atoms with Crippen LogP contribution in [-0.4, -0.2) is 53.9 Å². The number of rotatable bonds is 4. The summed E-state index contributed by atoms with van der Waals surface area (Å²) in [7, 11) is -3.48. The van der Waals surface area contributed by atoms with Gasteiger partial charge in [0.05, 0.1) is 13.7 Å². The van der Waals surface area contributed by atoms with E-state index in [1.165, 1.54) is 13.0 Å². The van der Waals surface area contributed by atoms with Gasteiger partial charge in [-0.15, -0.1) is 0 Å². The second-order valence-electron chi connectivity index (χ2n) is 8.59. The summed E-state index contributed by atoms with van der Waals surface area (Å²) in [6.45, 7) is 24.7.